The van der Waals surface area contributed by atoms with Gasteiger partial charge >= 0.3 is 0 Å². The molecular formula is C40H38O2. The van der Waals surface area contributed by atoms with Gasteiger partial charge in [0.05, 0.1) is 0 Å². The van der Waals surface area contributed by atoms with Crippen molar-refractivity contribution in [2.75, 3.05) is 0 Å². The van der Waals surface area contributed by atoms with Crippen LogP contribution in [0.1, 0.15) is 83.3 Å². The summed E-state index contributed by atoms with van der Waals surface area (Å²) in [6.45, 7) is 8.61. The normalized spacial score (nSPS) is 15.2. The smallest absolute Gasteiger partial charge is 0.141 e. The molecule has 0 spiro atoms. The number of aliphatic hydroxyl groups is 2. The highest BCUT2D eigenvalue weighted by Crippen LogP contribution is 2.54. The Kier molecular flexibility index (Phi) is 6.27. The zero-order valence-electron chi connectivity index (χ0n) is 25.0. The van der Waals surface area contributed by atoms with E-state index in [2.05, 4.69) is 100 Å². The Labute approximate surface area is 249 Å². The fraction of sp³-hybridized carbons (Fsp3) is 0.250. The quantitative estimate of drug-likeness (QED) is 0.223. The summed E-state index contributed by atoms with van der Waals surface area (Å²) in [5.41, 5.74) is 12.1. The molecule has 0 bridgehead atoms. The minimum Gasteiger partial charge on any atom is -0.376 e. The molecule has 2 heteroatoms. The maximum atomic E-state index is 12.7. The van der Waals surface area contributed by atoms with Crippen molar-refractivity contribution in [3.8, 4) is 22.3 Å². The molecule has 0 unspecified atom stereocenters. The first kappa shape index (κ1) is 26.9. The third kappa shape index (κ3) is 3.65. The molecule has 7 rings (SSSR count). The first-order chi connectivity index (χ1) is 20.4. The number of aryl methyl sites for hydroxylation is 4. The van der Waals surface area contributed by atoms with Crippen LogP contribution in [0.2, 0.25) is 0 Å². The van der Waals surface area contributed by atoms with Crippen molar-refractivity contribution in [3.63, 3.8) is 0 Å². The first-order valence-electron chi connectivity index (χ1n) is 15.5. The van der Waals surface area contributed by atoms with Gasteiger partial charge in [-0.25, -0.2) is 0 Å². The second-order valence-corrected chi connectivity index (χ2v) is 11.9. The van der Waals surface area contributed by atoms with Gasteiger partial charge in [0, 0.05) is 22.3 Å². The summed E-state index contributed by atoms with van der Waals surface area (Å²) >= 11 is 0. The zero-order valence-corrected chi connectivity index (χ0v) is 25.0. The van der Waals surface area contributed by atoms with Crippen LogP contribution in [0.5, 0.6) is 0 Å². The summed E-state index contributed by atoms with van der Waals surface area (Å²) in [5, 5.41) is 25.4. The molecule has 0 fully saturated rings. The number of fused-ring (bicyclic) bond motifs is 6. The third-order valence-corrected chi connectivity index (χ3v) is 9.83. The largest absolute Gasteiger partial charge is 0.376 e. The standard InChI is InChI=1S/C40H38O2/c1-5-25-9-17-31-32-18-10-26(6-2)22-36(32)39(41,35(31)21-25)29-13-15-30(16-14-29)40(42)37-23-27(7-3)11-19-33(37)34-20-12-28(8-4)24-38(34)40/h9-24,41-42H,5-8H2,1-4H3. The average Bonchev–Trinajstić information content (AvgIpc) is 3.46. The molecule has 0 saturated carbocycles. The van der Waals surface area contributed by atoms with Gasteiger partial charge in [0.1, 0.15) is 11.2 Å². The molecule has 2 aliphatic carbocycles. The van der Waals surface area contributed by atoms with Gasteiger partial charge in [-0.1, -0.05) is 125 Å². The van der Waals surface area contributed by atoms with Gasteiger partial charge in [-0.2, -0.15) is 0 Å². The fourth-order valence-electron chi connectivity index (χ4n) is 7.25. The van der Waals surface area contributed by atoms with E-state index in [0.717, 1.165) is 81.3 Å². The lowest BCUT2D eigenvalue weighted by molar-refractivity contribution is 0.126. The molecule has 0 radical (unpaired) electrons. The first-order valence-corrected chi connectivity index (χ1v) is 15.5. The summed E-state index contributed by atoms with van der Waals surface area (Å²) in [5.74, 6) is 0. The predicted octanol–water partition coefficient (Wildman–Crippen LogP) is 8.47. The van der Waals surface area contributed by atoms with E-state index in [1.807, 2.05) is 24.3 Å². The summed E-state index contributed by atoms with van der Waals surface area (Å²) in [4.78, 5) is 0. The molecule has 0 aromatic heterocycles. The van der Waals surface area contributed by atoms with Gasteiger partial charge in [0.2, 0.25) is 0 Å². The van der Waals surface area contributed by atoms with Crippen molar-refractivity contribution in [1.29, 1.82) is 0 Å². The lowest BCUT2D eigenvalue weighted by atomic mass is 9.79. The molecule has 2 nitrogen and oxygen atoms in total. The Morgan fingerprint density at radius 1 is 0.381 bits per heavy atom. The molecule has 0 heterocycles. The second kappa shape index (κ2) is 9.80. The topological polar surface area (TPSA) is 40.5 Å². The zero-order chi connectivity index (χ0) is 29.2. The van der Waals surface area contributed by atoms with E-state index in [1.165, 1.54) is 22.3 Å². The van der Waals surface area contributed by atoms with Crippen LogP contribution in [-0.4, -0.2) is 10.2 Å². The third-order valence-electron chi connectivity index (χ3n) is 9.83. The van der Waals surface area contributed by atoms with Gasteiger partial charge in [-0.15, -0.1) is 0 Å². The van der Waals surface area contributed by atoms with Crippen molar-refractivity contribution >= 4 is 0 Å². The van der Waals surface area contributed by atoms with Crippen molar-refractivity contribution in [2.45, 2.75) is 64.6 Å². The number of rotatable bonds is 6. The highest BCUT2D eigenvalue weighted by Gasteiger charge is 2.46. The predicted molar refractivity (Wildman–Crippen MR) is 172 cm³/mol. The Bertz CT molecular complexity index is 1600. The minimum atomic E-state index is -1.27. The van der Waals surface area contributed by atoms with Crippen LogP contribution in [0, 0.1) is 0 Å². The molecule has 0 saturated heterocycles. The highest BCUT2D eigenvalue weighted by atomic mass is 16.3. The lowest BCUT2D eigenvalue weighted by Gasteiger charge is -2.30. The maximum absolute atomic E-state index is 12.7. The maximum Gasteiger partial charge on any atom is 0.141 e. The summed E-state index contributed by atoms with van der Waals surface area (Å²) < 4.78 is 0. The van der Waals surface area contributed by atoms with Crippen molar-refractivity contribution in [1.82, 2.24) is 0 Å². The van der Waals surface area contributed by atoms with Crippen molar-refractivity contribution in [2.24, 2.45) is 0 Å². The van der Waals surface area contributed by atoms with E-state index >= 15 is 0 Å². The summed E-state index contributed by atoms with van der Waals surface area (Å²) in [7, 11) is 0. The molecule has 0 amide bonds. The van der Waals surface area contributed by atoms with E-state index in [-0.39, 0.29) is 0 Å². The molecule has 5 aromatic carbocycles. The molecule has 2 aliphatic rings. The molecule has 2 N–H and O–H groups in total. The van der Waals surface area contributed by atoms with E-state index in [1.54, 1.807) is 0 Å². The minimum absolute atomic E-state index is 0.819. The molecule has 5 aromatic rings. The van der Waals surface area contributed by atoms with Crippen LogP contribution in [0.4, 0.5) is 0 Å². The van der Waals surface area contributed by atoms with Gasteiger partial charge in [-0.3, -0.25) is 0 Å². The van der Waals surface area contributed by atoms with Gasteiger partial charge < -0.3 is 10.2 Å². The molecule has 210 valence electrons. The van der Waals surface area contributed by atoms with Crippen molar-refractivity contribution < 1.29 is 10.2 Å². The highest BCUT2D eigenvalue weighted by molar-refractivity contribution is 5.84. The van der Waals surface area contributed by atoms with Crippen LogP contribution in [0.15, 0.2) is 97.1 Å². The number of hydrogen-bond acceptors (Lipinski definition) is 2. The van der Waals surface area contributed by atoms with Crippen LogP contribution in [-0.2, 0) is 36.9 Å². The second-order valence-electron chi connectivity index (χ2n) is 11.9. The number of hydrogen-bond donors (Lipinski definition) is 2. The Morgan fingerprint density at radius 2 is 0.619 bits per heavy atom. The fourth-order valence-corrected chi connectivity index (χ4v) is 7.25. The average molecular weight is 551 g/mol. The molecule has 0 atom stereocenters. The Balaban J connectivity index is 1.41. The summed E-state index contributed by atoms with van der Waals surface area (Å²) in [6, 6.07) is 34.1. The van der Waals surface area contributed by atoms with Crippen LogP contribution in [0.3, 0.4) is 0 Å². The Hall–Kier alpha value is -3.98. The molecule has 0 aliphatic heterocycles. The van der Waals surface area contributed by atoms with Gasteiger partial charge in [-0.05, 0) is 81.3 Å². The monoisotopic (exact) mass is 550 g/mol. The number of benzene rings is 5. The summed E-state index contributed by atoms with van der Waals surface area (Å²) in [6.07, 6.45) is 3.63. The van der Waals surface area contributed by atoms with E-state index < -0.39 is 11.2 Å². The van der Waals surface area contributed by atoms with Gasteiger partial charge in [0.25, 0.3) is 0 Å². The SMILES string of the molecule is CCc1ccc2c(c1)C(O)(c1ccc(C3(O)c4cc(CC)ccc4-c4ccc(CC)cc43)cc1)c1cc(CC)ccc1-2. The van der Waals surface area contributed by atoms with Crippen LogP contribution >= 0.6 is 0 Å². The van der Waals surface area contributed by atoms with Crippen molar-refractivity contribution in [3.05, 3.63) is 153 Å². The van der Waals surface area contributed by atoms with Crippen LogP contribution in [0.25, 0.3) is 22.3 Å². The van der Waals surface area contributed by atoms with E-state index in [9.17, 15) is 10.2 Å². The molecule has 42 heavy (non-hydrogen) atoms. The van der Waals surface area contributed by atoms with Crippen LogP contribution < -0.4 is 0 Å². The van der Waals surface area contributed by atoms with Gasteiger partial charge in [0.15, 0.2) is 0 Å². The van der Waals surface area contributed by atoms with E-state index in [4.69, 9.17) is 0 Å². The lowest BCUT2D eigenvalue weighted by Crippen LogP contribution is -2.29. The van der Waals surface area contributed by atoms with E-state index in [0.29, 0.717) is 0 Å². The Morgan fingerprint density at radius 3 is 0.833 bits per heavy atom. The molecular weight excluding hydrogens is 512 g/mol.